The smallest absolute Gasteiger partial charge is 0.126 e. The number of aromatic nitrogens is 6. The number of aromatic amines is 1. The fourth-order valence-electron chi connectivity index (χ4n) is 9.30. The Labute approximate surface area is 511 Å². The Morgan fingerprint density at radius 2 is 1.07 bits per heavy atom. The average molecular weight is 1270 g/mol. The molecular weight excluding hydrogens is 1220 g/mol. The van der Waals surface area contributed by atoms with Gasteiger partial charge in [0.15, 0.2) is 0 Å². The molecule has 9 nitrogen and oxygen atoms in total. The molecule has 0 fully saturated rings. The van der Waals surface area contributed by atoms with E-state index in [1.165, 1.54) is 51.5 Å². The Morgan fingerprint density at radius 3 is 1.48 bits per heavy atom. The molecule has 61 heavy (non-hydrogen) atoms. The number of carbonyl (C=O) groups is 1. The maximum absolute atomic E-state index is 13.2. The maximum Gasteiger partial charge on any atom is 0.126 e. The van der Waals surface area contributed by atoms with E-state index < -0.39 is 0 Å². The van der Waals surface area contributed by atoms with E-state index >= 15 is 0 Å². The summed E-state index contributed by atoms with van der Waals surface area (Å²) in [6.45, 7) is 23.0. The van der Waals surface area contributed by atoms with Crippen LogP contribution >= 0.6 is 0 Å². The van der Waals surface area contributed by atoms with E-state index in [-0.39, 0.29) is 254 Å². The molecule has 302 valence electrons. The molecular formula is C46H50N6O3Y6-2. The van der Waals surface area contributed by atoms with Gasteiger partial charge < -0.3 is 23.5 Å². The van der Waals surface area contributed by atoms with E-state index in [2.05, 4.69) is 146 Å². The summed E-state index contributed by atoms with van der Waals surface area (Å²) in [5.41, 5.74) is 12.9. The molecule has 2 aliphatic heterocycles. The van der Waals surface area contributed by atoms with Crippen molar-refractivity contribution >= 4 is 28.1 Å². The number of hydrogen-bond donors (Lipinski definition) is 1. The molecule has 2 aromatic carbocycles. The molecule has 0 amide bonds. The van der Waals surface area contributed by atoms with Gasteiger partial charge >= 0.3 is 0 Å². The van der Waals surface area contributed by atoms with Gasteiger partial charge in [0.1, 0.15) is 16.7 Å². The van der Waals surface area contributed by atoms with Crippen molar-refractivity contribution in [3.05, 3.63) is 132 Å². The number of benzene rings is 2. The number of H-pyrrole nitrogens is 1. The summed E-state index contributed by atoms with van der Waals surface area (Å²) < 4.78 is 4.20. The Kier molecular flexibility index (Phi) is 21.4. The summed E-state index contributed by atoms with van der Waals surface area (Å²) in [4.78, 5) is 38.0. The first-order valence-electron chi connectivity index (χ1n) is 18.6. The van der Waals surface area contributed by atoms with E-state index in [1.807, 2.05) is 13.8 Å². The van der Waals surface area contributed by atoms with E-state index in [9.17, 15) is 14.4 Å². The molecule has 1 N–H and O–H groups in total. The van der Waals surface area contributed by atoms with Crippen LogP contribution in [0.1, 0.15) is 125 Å². The summed E-state index contributed by atoms with van der Waals surface area (Å²) in [6.07, 6.45) is 8.18. The minimum Gasteiger partial charge on any atom is -0.420 e. The first kappa shape index (κ1) is 60.2. The minimum atomic E-state index is -0.332. The second kappa shape index (κ2) is 21.6. The van der Waals surface area contributed by atoms with Gasteiger partial charge in [-0.15, -0.1) is 0 Å². The maximum atomic E-state index is 13.2. The SMILES string of the molecule is C.CC(=O)c1[c-]n2c(c(C)c1=O)C1=C(c3ccccc3C1)C(C)(C)C2(C)C.Cc1c2n([c-]c(-c3nn[nH]n3)c1=O)C(C)(C)C(C)(C)C1=C2Cc2ccccc21.[Y].[Y].[Y].[Y].[Y].[Y]. The van der Waals surface area contributed by atoms with Crippen LogP contribution in [0.4, 0.5) is 0 Å². The number of pyridine rings is 2. The van der Waals surface area contributed by atoms with Crippen molar-refractivity contribution in [2.24, 2.45) is 10.8 Å². The van der Waals surface area contributed by atoms with Gasteiger partial charge in [-0.25, -0.2) is 0 Å². The second-order valence-corrected chi connectivity index (χ2v) is 17.3. The first-order chi connectivity index (χ1) is 25.3. The molecule has 0 unspecified atom stereocenters. The zero-order valence-electron chi connectivity index (χ0n) is 36.5. The number of Topliss-reactive ketones (excluding diaryl/α,β-unsaturated/α-hetero) is 1. The van der Waals surface area contributed by atoms with Gasteiger partial charge in [-0.05, 0) is 103 Å². The first-order valence-corrected chi connectivity index (χ1v) is 18.6. The molecule has 9 rings (SSSR count). The number of hydrogen-bond acceptors (Lipinski definition) is 6. The van der Waals surface area contributed by atoms with Crippen LogP contribution in [0.2, 0.25) is 0 Å². The summed E-state index contributed by atoms with van der Waals surface area (Å²) >= 11 is 0. The number of rotatable bonds is 2. The second-order valence-electron chi connectivity index (χ2n) is 17.3. The van der Waals surface area contributed by atoms with Crippen molar-refractivity contribution in [3.63, 3.8) is 0 Å². The van der Waals surface area contributed by atoms with Crippen LogP contribution in [0, 0.1) is 37.1 Å². The fourth-order valence-corrected chi connectivity index (χ4v) is 9.30. The van der Waals surface area contributed by atoms with Gasteiger partial charge in [-0.3, -0.25) is 0 Å². The zero-order chi connectivity index (χ0) is 38.9. The van der Waals surface area contributed by atoms with Crippen molar-refractivity contribution in [2.75, 3.05) is 0 Å². The average Bonchev–Trinajstić information content (AvgIpc) is 3.87. The number of nitrogens with one attached hydrogen (secondary N) is 1. The van der Waals surface area contributed by atoms with Gasteiger partial charge in [0.2, 0.25) is 0 Å². The van der Waals surface area contributed by atoms with E-state index in [0.29, 0.717) is 16.7 Å². The van der Waals surface area contributed by atoms with Crippen molar-refractivity contribution < 1.29 is 201 Å². The van der Waals surface area contributed by atoms with Crippen LogP contribution < -0.4 is 10.9 Å². The molecule has 0 spiro atoms. The Morgan fingerprint density at radius 1 is 0.656 bits per heavy atom. The number of allylic oxidation sites excluding steroid dienone is 4. The van der Waals surface area contributed by atoms with Crippen LogP contribution in [0.25, 0.3) is 33.7 Å². The Balaban J connectivity index is 0.000000548. The zero-order valence-corrected chi connectivity index (χ0v) is 53.5. The third-order valence-electron chi connectivity index (χ3n) is 13.6. The number of ketones is 1. The van der Waals surface area contributed by atoms with Crippen molar-refractivity contribution in [3.8, 4) is 11.4 Å². The van der Waals surface area contributed by atoms with Gasteiger partial charge in [0, 0.05) is 218 Å². The molecule has 5 heterocycles. The molecule has 0 bridgehead atoms. The van der Waals surface area contributed by atoms with Crippen molar-refractivity contribution in [1.29, 1.82) is 0 Å². The predicted molar refractivity (Wildman–Crippen MR) is 219 cm³/mol. The molecule has 5 aromatic rings. The predicted octanol–water partition coefficient (Wildman–Crippen LogP) is 8.40. The van der Waals surface area contributed by atoms with E-state index in [4.69, 9.17) is 0 Å². The molecule has 0 saturated carbocycles. The quantitative estimate of drug-likeness (QED) is 0.140. The van der Waals surface area contributed by atoms with Crippen molar-refractivity contribution in [1.82, 2.24) is 29.8 Å². The third kappa shape index (κ3) is 9.25. The number of fused-ring (bicyclic) bond motifs is 8. The minimum absolute atomic E-state index is 0. The van der Waals surface area contributed by atoms with Crippen LogP contribution in [0.3, 0.4) is 0 Å². The third-order valence-corrected chi connectivity index (χ3v) is 13.6. The Bertz CT molecular complexity index is 2670. The molecule has 6 radical (unpaired) electrons. The number of nitrogens with zero attached hydrogens (tertiary/aromatic N) is 5. The standard InChI is InChI=1S/C23H24NO2.C22H22N5O.CH4.6Y/c1-13-20-17-11-15-9-7-8-10-16(15)19(17)22(3,4)23(5,6)24(20)12-18(14(2)25)21(13)26;1-12-18-15-10-13-8-6-7-9-14(13)17(15)21(2,3)22(4,5)27(18)11-16(19(12)28)20-23-25-26-24-20;;;;;;;/h7-10H,11H2,1-6H3;6-9H,10H2,1-5H3,(H,23,24,25,26);1H4;;;;;;/q2*-1;;;;;;;. The largest absolute Gasteiger partial charge is 0.420 e. The topological polar surface area (TPSA) is 116 Å². The van der Waals surface area contributed by atoms with Gasteiger partial charge in [-0.2, -0.15) is 15.4 Å². The molecule has 4 aliphatic rings. The van der Waals surface area contributed by atoms with Crippen LogP contribution in [-0.2, 0) is 220 Å². The Hall–Kier alpha value is 1.18. The molecule has 15 heteroatoms. The summed E-state index contributed by atoms with van der Waals surface area (Å²) in [5.74, 6) is 0.0583. The van der Waals surface area contributed by atoms with Crippen molar-refractivity contribution in [2.45, 2.75) is 108 Å². The summed E-state index contributed by atoms with van der Waals surface area (Å²) in [7, 11) is 0. The van der Waals surface area contributed by atoms with E-state index in [1.54, 1.807) is 0 Å². The molecule has 0 atom stereocenters. The van der Waals surface area contributed by atoms with E-state index in [0.717, 1.165) is 24.2 Å². The van der Waals surface area contributed by atoms with Crippen LogP contribution in [-0.4, -0.2) is 35.5 Å². The van der Waals surface area contributed by atoms with Gasteiger partial charge in [-0.1, -0.05) is 137 Å². The van der Waals surface area contributed by atoms with Gasteiger partial charge in [0.05, 0.1) is 5.78 Å². The molecule has 0 saturated heterocycles. The monoisotopic (exact) mass is 1270 g/mol. The molecule has 3 aromatic heterocycles. The van der Waals surface area contributed by atoms with Gasteiger partial charge in [0.25, 0.3) is 0 Å². The summed E-state index contributed by atoms with van der Waals surface area (Å²) in [6, 6.07) is 17.1. The summed E-state index contributed by atoms with van der Waals surface area (Å²) in [5, 5.41) is 14.1. The number of tetrazole rings is 1. The molecule has 2 aliphatic carbocycles. The van der Waals surface area contributed by atoms with Crippen LogP contribution in [0.5, 0.6) is 0 Å². The fraction of sp³-hybridized carbons (Fsp3) is 0.391. The number of carbonyl (C=O) groups excluding carboxylic acids is 1. The van der Waals surface area contributed by atoms with Crippen LogP contribution in [0.15, 0.2) is 58.1 Å². The normalized spacial score (nSPS) is 16.6.